The van der Waals surface area contributed by atoms with Gasteiger partial charge in [-0.3, -0.25) is 0 Å². The molecule has 0 spiro atoms. The van der Waals surface area contributed by atoms with Gasteiger partial charge in [0.2, 0.25) is 0 Å². The number of hydrogen-bond acceptors (Lipinski definition) is 3. The summed E-state index contributed by atoms with van der Waals surface area (Å²) >= 11 is 1.68. The van der Waals surface area contributed by atoms with Gasteiger partial charge in [0.15, 0.2) is 0 Å². The van der Waals surface area contributed by atoms with Crippen LogP contribution in [0.5, 0.6) is 0 Å². The van der Waals surface area contributed by atoms with Crippen LogP contribution < -0.4 is 0 Å². The van der Waals surface area contributed by atoms with Gasteiger partial charge in [0, 0.05) is 18.0 Å². The molecule has 0 bridgehead atoms. The molecular formula is C8H11NOS. The van der Waals surface area contributed by atoms with Crippen molar-refractivity contribution in [1.29, 1.82) is 0 Å². The largest absolute Gasteiger partial charge is 0.393 e. The summed E-state index contributed by atoms with van der Waals surface area (Å²) in [6, 6.07) is 0. The summed E-state index contributed by atoms with van der Waals surface area (Å²) in [4.78, 5) is 4.18. The zero-order valence-electron chi connectivity index (χ0n) is 6.23. The standard InChI is InChI=1S/C8H11NOS/c10-7-2-1-6(7)5-8-9-3-4-11-8/h3-4,6-7,10H,1-2,5H2. The van der Waals surface area contributed by atoms with Gasteiger partial charge in [-0.05, 0) is 18.8 Å². The summed E-state index contributed by atoms with van der Waals surface area (Å²) in [5.74, 6) is 0.487. The number of aromatic nitrogens is 1. The van der Waals surface area contributed by atoms with Crippen LogP contribution >= 0.6 is 11.3 Å². The summed E-state index contributed by atoms with van der Waals surface area (Å²) < 4.78 is 0. The predicted octanol–water partition coefficient (Wildman–Crippen LogP) is 1.46. The Bertz CT molecular complexity index is 222. The van der Waals surface area contributed by atoms with Crippen molar-refractivity contribution in [1.82, 2.24) is 4.98 Å². The molecule has 1 aliphatic rings. The van der Waals surface area contributed by atoms with E-state index in [-0.39, 0.29) is 6.10 Å². The topological polar surface area (TPSA) is 33.1 Å². The normalized spacial score (nSPS) is 29.9. The molecule has 1 N–H and O–H groups in total. The summed E-state index contributed by atoms with van der Waals surface area (Å²) in [5.41, 5.74) is 0. The molecule has 11 heavy (non-hydrogen) atoms. The lowest BCUT2D eigenvalue weighted by Gasteiger charge is -2.31. The summed E-state index contributed by atoms with van der Waals surface area (Å²) in [5, 5.41) is 12.4. The molecule has 0 saturated heterocycles. The molecule has 0 aliphatic heterocycles. The zero-order valence-corrected chi connectivity index (χ0v) is 7.05. The van der Waals surface area contributed by atoms with Crippen molar-refractivity contribution in [3.63, 3.8) is 0 Å². The van der Waals surface area contributed by atoms with Crippen molar-refractivity contribution in [2.75, 3.05) is 0 Å². The van der Waals surface area contributed by atoms with Gasteiger partial charge in [-0.15, -0.1) is 11.3 Å². The van der Waals surface area contributed by atoms with E-state index >= 15 is 0 Å². The van der Waals surface area contributed by atoms with E-state index in [1.54, 1.807) is 11.3 Å². The van der Waals surface area contributed by atoms with Crippen LogP contribution in [0.4, 0.5) is 0 Å². The van der Waals surface area contributed by atoms with Gasteiger partial charge < -0.3 is 5.11 Å². The Kier molecular flexibility index (Phi) is 1.92. The van der Waals surface area contributed by atoms with Crippen molar-refractivity contribution in [3.05, 3.63) is 16.6 Å². The molecule has 2 unspecified atom stereocenters. The number of nitrogens with zero attached hydrogens (tertiary/aromatic N) is 1. The van der Waals surface area contributed by atoms with E-state index in [0.717, 1.165) is 17.8 Å². The average molecular weight is 169 g/mol. The van der Waals surface area contributed by atoms with Crippen molar-refractivity contribution in [2.45, 2.75) is 25.4 Å². The number of rotatable bonds is 2. The monoisotopic (exact) mass is 169 g/mol. The van der Waals surface area contributed by atoms with Gasteiger partial charge in [-0.25, -0.2) is 4.98 Å². The van der Waals surface area contributed by atoms with E-state index in [4.69, 9.17) is 0 Å². The maximum atomic E-state index is 9.28. The summed E-state index contributed by atoms with van der Waals surface area (Å²) in [7, 11) is 0. The number of hydrogen-bond donors (Lipinski definition) is 1. The number of aliphatic hydroxyl groups is 1. The highest BCUT2D eigenvalue weighted by Gasteiger charge is 2.29. The van der Waals surface area contributed by atoms with E-state index < -0.39 is 0 Å². The SMILES string of the molecule is OC1CCC1Cc1nccs1. The highest BCUT2D eigenvalue weighted by Crippen LogP contribution is 2.30. The second-order valence-corrected chi connectivity index (χ2v) is 4.01. The molecule has 1 saturated carbocycles. The lowest BCUT2D eigenvalue weighted by molar-refractivity contribution is 0.0244. The van der Waals surface area contributed by atoms with Crippen LogP contribution in [0.15, 0.2) is 11.6 Å². The lowest BCUT2D eigenvalue weighted by Crippen LogP contribution is -2.32. The van der Waals surface area contributed by atoms with Gasteiger partial charge >= 0.3 is 0 Å². The minimum absolute atomic E-state index is 0.0566. The van der Waals surface area contributed by atoms with Gasteiger partial charge in [-0.2, -0.15) is 0 Å². The predicted molar refractivity (Wildman–Crippen MR) is 44.5 cm³/mol. The fourth-order valence-corrected chi connectivity index (χ4v) is 2.08. The molecule has 0 radical (unpaired) electrons. The Morgan fingerprint density at radius 2 is 2.55 bits per heavy atom. The maximum absolute atomic E-state index is 9.28. The molecule has 1 aliphatic carbocycles. The Hall–Kier alpha value is -0.410. The van der Waals surface area contributed by atoms with Crippen LogP contribution in [0.3, 0.4) is 0 Å². The lowest BCUT2D eigenvalue weighted by atomic mass is 9.80. The quantitative estimate of drug-likeness (QED) is 0.727. The minimum Gasteiger partial charge on any atom is -0.393 e. The molecule has 1 aromatic heterocycles. The molecule has 0 aromatic carbocycles. The second kappa shape index (κ2) is 2.91. The Labute approximate surface area is 69.9 Å². The first-order valence-corrected chi connectivity index (χ1v) is 4.80. The molecule has 1 fully saturated rings. The van der Waals surface area contributed by atoms with Crippen molar-refractivity contribution < 1.29 is 5.11 Å². The smallest absolute Gasteiger partial charge is 0.0928 e. The maximum Gasteiger partial charge on any atom is 0.0928 e. The highest BCUT2D eigenvalue weighted by atomic mass is 32.1. The van der Waals surface area contributed by atoms with Crippen molar-refractivity contribution in [2.24, 2.45) is 5.92 Å². The Morgan fingerprint density at radius 1 is 1.64 bits per heavy atom. The third-order valence-electron chi connectivity index (χ3n) is 2.30. The first-order valence-electron chi connectivity index (χ1n) is 3.92. The van der Waals surface area contributed by atoms with E-state index in [0.29, 0.717) is 5.92 Å². The van der Waals surface area contributed by atoms with Gasteiger partial charge in [-0.1, -0.05) is 0 Å². The third kappa shape index (κ3) is 1.44. The summed E-state index contributed by atoms with van der Waals surface area (Å²) in [6.07, 6.45) is 4.89. The van der Waals surface area contributed by atoms with Crippen LogP contribution in [0, 0.1) is 5.92 Å². The van der Waals surface area contributed by atoms with E-state index in [1.165, 1.54) is 6.42 Å². The fourth-order valence-electron chi connectivity index (χ4n) is 1.37. The third-order valence-corrected chi connectivity index (χ3v) is 3.10. The van der Waals surface area contributed by atoms with Crippen molar-refractivity contribution >= 4 is 11.3 Å². The first-order chi connectivity index (χ1) is 5.36. The van der Waals surface area contributed by atoms with Gasteiger partial charge in [0.05, 0.1) is 11.1 Å². The van der Waals surface area contributed by atoms with E-state index in [2.05, 4.69) is 4.98 Å². The molecule has 1 heterocycles. The van der Waals surface area contributed by atoms with Gasteiger partial charge in [0.1, 0.15) is 0 Å². The van der Waals surface area contributed by atoms with Crippen LogP contribution in [-0.4, -0.2) is 16.2 Å². The second-order valence-electron chi connectivity index (χ2n) is 3.03. The number of thiazole rings is 1. The Morgan fingerprint density at radius 3 is 3.00 bits per heavy atom. The fraction of sp³-hybridized carbons (Fsp3) is 0.625. The molecule has 1 aromatic rings. The number of aliphatic hydroxyl groups excluding tert-OH is 1. The van der Waals surface area contributed by atoms with Crippen LogP contribution in [0.25, 0.3) is 0 Å². The van der Waals surface area contributed by atoms with Crippen LogP contribution in [0.2, 0.25) is 0 Å². The van der Waals surface area contributed by atoms with E-state index in [1.807, 2.05) is 11.6 Å². The molecule has 2 atom stereocenters. The van der Waals surface area contributed by atoms with Crippen molar-refractivity contribution in [3.8, 4) is 0 Å². The molecule has 2 rings (SSSR count). The Balaban J connectivity index is 1.91. The van der Waals surface area contributed by atoms with Crippen LogP contribution in [-0.2, 0) is 6.42 Å². The minimum atomic E-state index is -0.0566. The molecule has 3 heteroatoms. The average Bonchev–Trinajstić information content (AvgIpc) is 2.49. The first kappa shape index (κ1) is 7.25. The highest BCUT2D eigenvalue weighted by molar-refractivity contribution is 7.09. The molecule has 0 amide bonds. The van der Waals surface area contributed by atoms with Crippen LogP contribution in [0.1, 0.15) is 17.8 Å². The molecule has 2 nitrogen and oxygen atoms in total. The summed E-state index contributed by atoms with van der Waals surface area (Å²) in [6.45, 7) is 0. The van der Waals surface area contributed by atoms with E-state index in [9.17, 15) is 5.11 Å². The molecular weight excluding hydrogens is 158 g/mol. The molecule has 60 valence electrons. The zero-order chi connectivity index (χ0) is 7.68. The van der Waals surface area contributed by atoms with Gasteiger partial charge in [0.25, 0.3) is 0 Å².